The van der Waals surface area contributed by atoms with Crippen LogP contribution in [0.3, 0.4) is 0 Å². The van der Waals surface area contributed by atoms with E-state index in [1.807, 2.05) is 30.3 Å². The van der Waals surface area contributed by atoms with Gasteiger partial charge in [-0.3, -0.25) is 0 Å². The Bertz CT molecular complexity index is 578. The van der Waals surface area contributed by atoms with Crippen molar-refractivity contribution in [2.75, 3.05) is 11.1 Å². The molecular weight excluding hydrogens is 256 g/mol. The smallest absolute Gasteiger partial charge is 0.102 e. The Balaban J connectivity index is 2.16. The molecule has 0 saturated carbocycles. The first-order valence-electron chi connectivity index (χ1n) is 6.01. The van der Waals surface area contributed by atoms with Gasteiger partial charge in [-0.15, -0.1) is 11.8 Å². The van der Waals surface area contributed by atoms with Gasteiger partial charge < -0.3 is 5.32 Å². The lowest BCUT2D eigenvalue weighted by molar-refractivity contribution is 0.924. The highest BCUT2D eigenvalue weighted by Gasteiger charge is 2.07. The fourth-order valence-corrected chi connectivity index (χ4v) is 2.47. The van der Waals surface area contributed by atoms with Gasteiger partial charge in [-0.2, -0.15) is 15.5 Å². The van der Waals surface area contributed by atoms with Crippen LogP contribution in [0.5, 0.6) is 0 Å². The molecule has 0 atom stereocenters. The molecule has 0 spiro atoms. The van der Waals surface area contributed by atoms with Gasteiger partial charge in [-0.1, -0.05) is 13.0 Å². The second-order valence-corrected chi connectivity index (χ2v) is 5.10. The average molecular weight is 270 g/mol. The van der Waals surface area contributed by atoms with Crippen LogP contribution in [0.15, 0.2) is 41.4 Å². The molecule has 0 bridgehead atoms. The van der Waals surface area contributed by atoms with Crippen LogP contribution in [0, 0.1) is 11.3 Å². The Morgan fingerprint density at radius 3 is 2.89 bits per heavy atom. The molecule has 2 rings (SSSR count). The predicted molar refractivity (Wildman–Crippen MR) is 76.9 cm³/mol. The Kier molecular flexibility index (Phi) is 4.76. The molecular formula is C14H14N4S. The van der Waals surface area contributed by atoms with Gasteiger partial charge >= 0.3 is 0 Å². The molecule has 0 aliphatic heterocycles. The van der Waals surface area contributed by atoms with Crippen LogP contribution in [0.2, 0.25) is 0 Å². The monoisotopic (exact) mass is 270 g/mol. The molecule has 1 aromatic carbocycles. The number of hydrogen-bond acceptors (Lipinski definition) is 5. The van der Waals surface area contributed by atoms with Crippen LogP contribution in [0.4, 0.5) is 5.69 Å². The van der Waals surface area contributed by atoms with E-state index in [0.29, 0.717) is 12.1 Å². The summed E-state index contributed by atoms with van der Waals surface area (Å²) in [7, 11) is 0. The number of nitrogens with zero attached hydrogens (tertiary/aromatic N) is 3. The number of aromatic nitrogens is 2. The lowest BCUT2D eigenvalue weighted by atomic mass is 10.2. The SMILES string of the molecule is CCSc1cccc(NCc2cccnn2)c1C#N. The molecule has 2 aromatic rings. The first kappa shape index (κ1) is 13.4. The van der Waals surface area contributed by atoms with Gasteiger partial charge in [0.2, 0.25) is 0 Å². The minimum absolute atomic E-state index is 0.558. The number of hydrogen-bond donors (Lipinski definition) is 1. The van der Waals surface area contributed by atoms with Gasteiger partial charge in [0.1, 0.15) is 6.07 Å². The van der Waals surface area contributed by atoms with Gasteiger partial charge in [-0.05, 0) is 30.0 Å². The molecule has 1 N–H and O–H groups in total. The summed E-state index contributed by atoms with van der Waals surface area (Å²) in [6.45, 7) is 2.63. The fourth-order valence-electron chi connectivity index (χ4n) is 1.68. The molecule has 5 heteroatoms. The number of anilines is 1. The third-order valence-corrected chi connectivity index (χ3v) is 3.47. The topological polar surface area (TPSA) is 61.6 Å². The van der Waals surface area contributed by atoms with Crippen molar-refractivity contribution in [1.29, 1.82) is 5.26 Å². The number of rotatable bonds is 5. The first-order valence-corrected chi connectivity index (χ1v) is 7.00. The van der Waals surface area contributed by atoms with E-state index in [1.165, 1.54) is 0 Å². The van der Waals surface area contributed by atoms with Gasteiger partial charge in [0, 0.05) is 11.1 Å². The summed E-state index contributed by atoms with van der Waals surface area (Å²) in [6.07, 6.45) is 1.64. The molecule has 0 aliphatic rings. The van der Waals surface area contributed by atoms with Crippen LogP contribution < -0.4 is 5.32 Å². The van der Waals surface area contributed by atoms with Crippen molar-refractivity contribution >= 4 is 17.4 Å². The third kappa shape index (κ3) is 3.46. The molecule has 0 saturated heterocycles. The van der Waals surface area contributed by atoms with Crippen LogP contribution in [0.1, 0.15) is 18.2 Å². The minimum atomic E-state index is 0.558. The summed E-state index contributed by atoms with van der Waals surface area (Å²) in [5.74, 6) is 0.947. The van der Waals surface area contributed by atoms with E-state index in [-0.39, 0.29) is 0 Å². The van der Waals surface area contributed by atoms with Gasteiger partial charge in [0.25, 0.3) is 0 Å². The zero-order chi connectivity index (χ0) is 13.5. The summed E-state index contributed by atoms with van der Waals surface area (Å²) in [5, 5.41) is 20.4. The maximum atomic E-state index is 9.29. The highest BCUT2D eigenvalue weighted by Crippen LogP contribution is 2.27. The zero-order valence-electron chi connectivity index (χ0n) is 10.6. The van der Waals surface area contributed by atoms with Gasteiger partial charge in [0.15, 0.2) is 0 Å². The highest BCUT2D eigenvalue weighted by molar-refractivity contribution is 7.99. The summed E-state index contributed by atoms with van der Waals surface area (Å²) < 4.78 is 0. The van der Waals surface area contributed by atoms with Crippen molar-refractivity contribution in [2.24, 2.45) is 0 Å². The van der Waals surface area contributed by atoms with E-state index >= 15 is 0 Å². The Morgan fingerprint density at radius 1 is 1.32 bits per heavy atom. The molecule has 1 aromatic heterocycles. The Hall–Kier alpha value is -2.06. The quantitative estimate of drug-likeness (QED) is 0.846. The summed E-state index contributed by atoms with van der Waals surface area (Å²) in [5.41, 5.74) is 2.38. The van der Waals surface area contributed by atoms with Crippen molar-refractivity contribution in [3.63, 3.8) is 0 Å². The summed E-state index contributed by atoms with van der Waals surface area (Å²) in [6, 6.07) is 11.9. The number of nitriles is 1. The number of nitrogens with one attached hydrogen (secondary N) is 1. The summed E-state index contributed by atoms with van der Waals surface area (Å²) in [4.78, 5) is 1.01. The number of thioether (sulfide) groups is 1. The molecule has 0 amide bonds. The van der Waals surface area contributed by atoms with Crippen molar-refractivity contribution in [1.82, 2.24) is 10.2 Å². The molecule has 96 valence electrons. The molecule has 1 heterocycles. The van der Waals surface area contributed by atoms with Crippen LogP contribution >= 0.6 is 11.8 Å². The highest BCUT2D eigenvalue weighted by atomic mass is 32.2. The lowest BCUT2D eigenvalue weighted by Gasteiger charge is -2.10. The van der Waals surface area contributed by atoms with Crippen molar-refractivity contribution < 1.29 is 0 Å². The maximum Gasteiger partial charge on any atom is 0.102 e. The number of benzene rings is 1. The molecule has 0 radical (unpaired) electrons. The molecule has 0 fully saturated rings. The molecule has 0 aliphatic carbocycles. The summed E-state index contributed by atoms with van der Waals surface area (Å²) >= 11 is 1.67. The van der Waals surface area contributed by atoms with E-state index in [0.717, 1.165) is 22.0 Å². The predicted octanol–water partition coefficient (Wildman–Crippen LogP) is 3.07. The largest absolute Gasteiger partial charge is 0.378 e. The second-order valence-electron chi connectivity index (χ2n) is 3.79. The van der Waals surface area contributed by atoms with Crippen molar-refractivity contribution in [2.45, 2.75) is 18.4 Å². The Morgan fingerprint density at radius 2 is 2.21 bits per heavy atom. The van der Waals surface area contributed by atoms with Crippen LogP contribution in [-0.4, -0.2) is 16.0 Å². The van der Waals surface area contributed by atoms with E-state index in [9.17, 15) is 5.26 Å². The van der Waals surface area contributed by atoms with Crippen LogP contribution in [-0.2, 0) is 6.54 Å². The first-order chi connectivity index (χ1) is 9.35. The lowest BCUT2D eigenvalue weighted by Crippen LogP contribution is -2.04. The van der Waals surface area contributed by atoms with E-state index < -0.39 is 0 Å². The third-order valence-electron chi connectivity index (χ3n) is 2.53. The fraction of sp³-hybridized carbons (Fsp3) is 0.214. The molecule has 4 nitrogen and oxygen atoms in total. The van der Waals surface area contributed by atoms with E-state index in [1.54, 1.807) is 18.0 Å². The van der Waals surface area contributed by atoms with Crippen LogP contribution in [0.25, 0.3) is 0 Å². The average Bonchev–Trinajstić information content (AvgIpc) is 2.46. The second kappa shape index (κ2) is 6.76. The van der Waals surface area contributed by atoms with Crippen molar-refractivity contribution in [3.05, 3.63) is 47.8 Å². The zero-order valence-corrected chi connectivity index (χ0v) is 11.4. The van der Waals surface area contributed by atoms with Crippen molar-refractivity contribution in [3.8, 4) is 6.07 Å². The van der Waals surface area contributed by atoms with Gasteiger partial charge in [0.05, 0.1) is 23.5 Å². The van der Waals surface area contributed by atoms with Gasteiger partial charge in [-0.25, -0.2) is 0 Å². The minimum Gasteiger partial charge on any atom is -0.378 e. The van der Waals surface area contributed by atoms with E-state index in [4.69, 9.17) is 0 Å². The molecule has 19 heavy (non-hydrogen) atoms. The maximum absolute atomic E-state index is 9.29. The standard InChI is InChI=1S/C14H14N4S/c1-2-19-14-7-3-6-13(12(14)9-15)16-10-11-5-4-8-17-18-11/h3-8,16H,2,10H2,1H3. The normalized spacial score (nSPS) is 9.89. The Labute approximate surface area is 116 Å². The van der Waals surface area contributed by atoms with E-state index in [2.05, 4.69) is 28.5 Å². The molecule has 0 unspecified atom stereocenters.